The van der Waals surface area contributed by atoms with E-state index in [1.807, 2.05) is 0 Å². The Morgan fingerprint density at radius 1 is 1.00 bits per heavy atom. The van der Waals surface area contributed by atoms with Gasteiger partial charge in [-0.3, -0.25) is 10.2 Å². The second kappa shape index (κ2) is 8.19. The van der Waals surface area contributed by atoms with Crippen molar-refractivity contribution in [3.8, 4) is 5.75 Å². The fraction of sp³-hybridized carbons (Fsp3) is 0.125. The minimum absolute atomic E-state index is 0.0873. The predicted molar refractivity (Wildman–Crippen MR) is 87.9 cm³/mol. The summed E-state index contributed by atoms with van der Waals surface area (Å²) in [6, 6.07) is 13.8. The highest BCUT2D eigenvalue weighted by Crippen LogP contribution is 2.12. The Labute approximate surface area is 141 Å². The molecular weight excluding hydrogens is 364 g/mol. The first-order valence-electron chi connectivity index (χ1n) is 6.70. The SMILES string of the molecule is COc1ccc(COC(=O)NNC(=O)c2ccc(Br)cc2)cc1. The quantitative estimate of drug-likeness (QED) is 0.801. The molecule has 2 rings (SSSR count). The summed E-state index contributed by atoms with van der Waals surface area (Å²) in [5, 5.41) is 0. The minimum atomic E-state index is -0.744. The van der Waals surface area contributed by atoms with Crippen LogP contribution in [-0.2, 0) is 11.3 Å². The van der Waals surface area contributed by atoms with Crippen LogP contribution in [0, 0.1) is 0 Å². The van der Waals surface area contributed by atoms with Gasteiger partial charge in [-0.15, -0.1) is 0 Å². The average Bonchev–Trinajstić information content (AvgIpc) is 2.59. The van der Waals surface area contributed by atoms with Gasteiger partial charge in [0, 0.05) is 10.0 Å². The molecule has 23 heavy (non-hydrogen) atoms. The Hall–Kier alpha value is -2.54. The maximum atomic E-state index is 11.8. The molecule has 2 aromatic carbocycles. The van der Waals surface area contributed by atoms with Crippen molar-refractivity contribution in [2.75, 3.05) is 7.11 Å². The fourth-order valence-electron chi connectivity index (χ4n) is 1.69. The molecule has 0 spiro atoms. The molecule has 2 aromatic rings. The maximum Gasteiger partial charge on any atom is 0.426 e. The van der Waals surface area contributed by atoms with E-state index in [0.717, 1.165) is 15.8 Å². The first-order chi connectivity index (χ1) is 11.1. The number of carbonyl (C=O) groups excluding carboxylic acids is 2. The van der Waals surface area contributed by atoms with Gasteiger partial charge in [0.15, 0.2) is 0 Å². The van der Waals surface area contributed by atoms with Crippen LogP contribution in [0.15, 0.2) is 53.0 Å². The highest BCUT2D eigenvalue weighted by Gasteiger charge is 2.08. The van der Waals surface area contributed by atoms with Gasteiger partial charge in [0.25, 0.3) is 5.91 Å². The second-order valence-electron chi connectivity index (χ2n) is 4.51. The van der Waals surface area contributed by atoms with Gasteiger partial charge in [-0.05, 0) is 42.0 Å². The summed E-state index contributed by atoms with van der Waals surface area (Å²) in [6.45, 7) is 0.0873. The van der Waals surface area contributed by atoms with Crippen LogP contribution in [-0.4, -0.2) is 19.1 Å². The third-order valence-corrected chi connectivity index (χ3v) is 3.44. The average molecular weight is 379 g/mol. The van der Waals surface area contributed by atoms with Crippen LogP contribution in [0.25, 0.3) is 0 Å². The van der Waals surface area contributed by atoms with E-state index in [0.29, 0.717) is 5.56 Å². The van der Waals surface area contributed by atoms with Gasteiger partial charge in [0.1, 0.15) is 12.4 Å². The Morgan fingerprint density at radius 3 is 2.26 bits per heavy atom. The molecule has 0 unspecified atom stereocenters. The van der Waals surface area contributed by atoms with E-state index in [1.54, 1.807) is 55.6 Å². The number of amides is 2. The van der Waals surface area contributed by atoms with Crippen molar-refractivity contribution in [1.29, 1.82) is 0 Å². The van der Waals surface area contributed by atoms with E-state index in [-0.39, 0.29) is 6.61 Å². The molecule has 2 N–H and O–H groups in total. The number of ether oxygens (including phenoxy) is 2. The van der Waals surface area contributed by atoms with Crippen molar-refractivity contribution < 1.29 is 19.1 Å². The second-order valence-corrected chi connectivity index (χ2v) is 5.43. The summed E-state index contributed by atoms with van der Waals surface area (Å²) in [5.74, 6) is 0.291. The third kappa shape index (κ3) is 5.30. The van der Waals surface area contributed by atoms with Crippen LogP contribution in [0.4, 0.5) is 4.79 Å². The van der Waals surface area contributed by atoms with Crippen molar-refractivity contribution in [1.82, 2.24) is 10.9 Å². The van der Waals surface area contributed by atoms with E-state index in [2.05, 4.69) is 26.8 Å². The number of carbonyl (C=O) groups is 2. The van der Waals surface area contributed by atoms with Crippen LogP contribution >= 0.6 is 15.9 Å². The molecule has 0 aliphatic carbocycles. The van der Waals surface area contributed by atoms with E-state index in [4.69, 9.17) is 9.47 Å². The van der Waals surface area contributed by atoms with Gasteiger partial charge in [0.05, 0.1) is 7.11 Å². The lowest BCUT2D eigenvalue weighted by Gasteiger charge is -2.09. The highest BCUT2D eigenvalue weighted by atomic mass is 79.9. The molecule has 0 aliphatic rings. The number of nitrogens with one attached hydrogen (secondary N) is 2. The minimum Gasteiger partial charge on any atom is -0.497 e. The number of hydrazine groups is 1. The van der Waals surface area contributed by atoms with Crippen molar-refractivity contribution in [3.05, 3.63) is 64.1 Å². The smallest absolute Gasteiger partial charge is 0.426 e. The van der Waals surface area contributed by atoms with Gasteiger partial charge in [-0.2, -0.15) is 0 Å². The topological polar surface area (TPSA) is 76.7 Å². The van der Waals surface area contributed by atoms with Crippen LogP contribution < -0.4 is 15.6 Å². The standard InChI is InChI=1S/C16H15BrN2O4/c1-22-14-8-2-11(3-9-14)10-23-16(21)19-18-15(20)12-4-6-13(17)7-5-12/h2-9H,10H2,1H3,(H,18,20)(H,19,21). The molecule has 0 aliphatic heterocycles. The number of halogens is 1. The summed E-state index contributed by atoms with van der Waals surface area (Å²) in [4.78, 5) is 23.3. The fourth-order valence-corrected chi connectivity index (χ4v) is 1.95. The molecule has 0 fully saturated rings. The van der Waals surface area contributed by atoms with E-state index < -0.39 is 12.0 Å². The Kier molecular flexibility index (Phi) is 5.99. The Balaban J connectivity index is 1.76. The summed E-state index contributed by atoms with van der Waals surface area (Å²) in [6.07, 6.45) is -0.744. The molecular formula is C16H15BrN2O4. The zero-order valence-electron chi connectivity index (χ0n) is 12.3. The van der Waals surface area contributed by atoms with Crippen LogP contribution in [0.5, 0.6) is 5.75 Å². The molecule has 7 heteroatoms. The van der Waals surface area contributed by atoms with E-state index >= 15 is 0 Å². The molecule has 0 saturated heterocycles. The number of rotatable bonds is 4. The van der Waals surface area contributed by atoms with Crippen molar-refractivity contribution >= 4 is 27.9 Å². The molecule has 0 saturated carbocycles. The number of benzene rings is 2. The molecule has 120 valence electrons. The van der Waals surface area contributed by atoms with Crippen molar-refractivity contribution in [3.63, 3.8) is 0 Å². The molecule has 0 bridgehead atoms. The van der Waals surface area contributed by atoms with Crippen LogP contribution in [0.3, 0.4) is 0 Å². The van der Waals surface area contributed by atoms with Gasteiger partial charge < -0.3 is 9.47 Å². The lowest BCUT2D eigenvalue weighted by atomic mass is 10.2. The summed E-state index contributed by atoms with van der Waals surface area (Å²) in [5.41, 5.74) is 5.69. The van der Waals surface area contributed by atoms with E-state index in [9.17, 15) is 9.59 Å². The monoisotopic (exact) mass is 378 g/mol. The zero-order chi connectivity index (χ0) is 16.7. The lowest BCUT2D eigenvalue weighted by Crippen LogP contribution is -2.41. The number of hydrogen-bond acceptors (Lipinski definition) is 4. The van der Waals surface area contributed by atoms with Gasteiger partial charge in [-0.1, -0.05) is 28.1 Å². The Bertz CT molecular complexity index is 671. The van der Waals surface area contributed by atoms with Gasteiger partial charge >= 0.3 is 6.09 Å². The van der Waals surface area contributed by atoms with Crippen LogP contribution in [0.1, 0.15) is 15.9 Å². The molecule has 2 amide bonds. The van der Waals surface area contributed by atoms with Gasteiger partial charge in [-0.25, -0.2) is 10.2 Å². The lowest BCUT2D eigenvalue weighted by molar-refractivity contribution is 0.0905. The summed E-state index contributed by atoms with van der Waals surface area (Å²) in [7, 11) is 1.58. The zero-order valence-corrected chi connectivity index (χ0v) is 13.9. The largest absolute Gasteiger partial charge is 0.497 e. The normalized spacial score (nSPS) is 9.83. The molecule has 6 nitrogen and oxygen atoms in total. The van der Waals surface area contributed by atoms with Crippen LogP contribution in [0.2, 0.25) is 0 Å². The van der Waals surface area contributed by atoms with Gasteiger partial charge in [0.2, 0.25) is 0 Å². The van der Waals surface area contributed by atoms with E-state index in [1.165, 1.54) is 0 Å². The molecule has 0 atom stereocenters. The maximum absolute atomic E-state index is 11.8. The van der Waals surface area contributed by atoms with Crippen molar-refractivity contribution in [2.24, 2.45) is 0 Å². The van der Waals surface area contributed by atoms with Crippen molar-refractivity contribution in [2.45, 2.75) is 6.61 Å². The number of methoxy groups -OCH3 is 1. The molecule has 0 aromatic heterocycles. The molecule has 0 heterocycles. The summed E-state index contributed by atoms with van der Waals surface area (Å²) < 4.78 is 10.9. The summed E-state index contributed by atoms with van der Waals surface area (Å²) >= 11 is 3.28. The predicted octanol–water partition coefficient (Wildman–Crippen LogP) is 3.03. The highest BCUT2D eigenvalue weighted by molar-refractivity contribution is 9.10. The Morgan fingerprint density at radius 2 is 1.65 bits per heavy atom. The third-order valence-electron chi connectivity index (χ3n) is 2.91. The first kappa shape index (κ1) is 16.8. The molecule has 0 radical (unpaired) electrons. The number of hydrogen-bond donors (Lipinski definition) is 2. The first-order valence-corrected chi connectivity index (χ1v) is 7.49.